The summed E-state index contributed by atoms with van der Waals surface area (Å²) in [6.07, 6.45) is 4.62. The van der Waals surface area contributed by atoms with Crippen LogP contribution in [0.15, 0.2) is 41.8 Å². The van der Waals surface area contributed by atoms with Crippen molar-refractivity contribution in [3.8, 4) is 11.4 Å². The van der Waals surface area contributed by atoms with E-state index < -0.39 is 0 Å². The molecule has 1 aromatic carbocycles. The van der Waals surface area contributed by atoms with Crippen LogP contribution in [-0.4, -0.2) is 34.4 Å². The first-order chi connectivity index (χ1) is 11.5. The molecule has 1 amide bonds. The smallest absolute Gasteiger partial charge is 0.233 e. The molecule has 0 radical (unpaired) electrons. The molecule has 0 fully saturated rings. The molecule has 1 N–H and O–H groups in total. The fourth-order valence-corrected chi connectivity index (χ4v) is 3.08. The van der Waals surface area contributed by atoms with Crippen molar-refractivity contribution in [1.82, 2.24) is 14.9 Å². The summed E-state index contributed by atoms with van der Waals surface area (Å²) in [5, 5.41) is 3.57. The third-order valence-corrected chi connectivity index (χ3v) is 4.69. The van der Waals surface area contributed by atoms with Crippen LogP contribution in [0.4, 0.5) is 0 Å². The predicted octanol–water partition coefficient (Wildman–Crippen LogP) is 3.52. The Bertz CT molecular complexity index is 670. The lowest BCUT2D eigenvalue weighted by atomic mass is 10.1. The Morgan fingerprint density at radius 2 is 2.17 bits per heavy atom. The molecule has 6 heteroatoms. The predicted molar refractivity (Wildman–Crippen MR) is 97.9 cm³/mol. The molecule has 0 spiro atoms. The van der Waals surface area contributed by atoms with Gasteiger partial charge in [-0.1, -0.05) is 31.7 Å². The molecule has 130 valence electrons. The molecule has 1 heterocycles. The van der Waals surface area contributed by atoms with Crippen molar-refractivity contribution in [3.63, 3.8) is 0 Å². The molecule has 0 aliphatic carbocycles. The van der Waals surface area contributed by atoms with Crippen LogP contribution < -0.4 is 10.1 Å². The number of methoxy groups -OCH3 is 1. The highest BCUT2D eigenvalue weighted by atomic mass is 32.2. The third-order valence-electron chi connectivity index (χ3n) is 3.61. The second-order valence-electron chi connectivity index (χ2n) is 6.01. The largest absolute Gasteiger partial charge is 0.497 e. The lowest BCUT2D eigenvalue weighted by Gasteiger charge is -2.14. The van der Waals surface area contributed by atoms with Crippen LogP contribution >= 0.6 is 11.8 Å². The second kappa shape index (κ2) is 8.78. The lowest BCUT2D eigenvalue weighted by molar-refractivity contribution is -0.120. The summed E-state index contributed by atoms with van der Waals surface area (Å²) >= 11 is 1.45. The van der Waals surface area contributed by atoms with Crippen LogP contribution in [0.3, 0.4) is 0 Å². The van der Waals surface area contributed by atoms with Crippen molar-refractivity contribution >= 4 is 17.7 Å². The highest BCUT2D eigenvalue weighted by Crippen LogP contribution is 2.26. The summed E-state index contributed by atoms with van der Waals surface area (Å²) in [5.74, 6) is 1.41. The normalized spacial score (nSPS) is 12.2. The van der Waals surface area contributed by atoms with E-state index in [2.05, 4.69) is 24.1 Å². The first kappa shape index (κ1) is 18.4. The maximum atomic E-state index is 12.2. The first-order valence-electron chi connectivity index (χ1n) is 8.13. The van der Waals surface area contributed by atoms with Gasteiger partial charge in [-0.25, -0.2) is 4.98 Å². The summed E-state index contributed by atoms with van der Waals surface area (Å²) in [5.41, 5.74) is 0.960. The number of nitrogens with zero attached hydrogens (tertiary/aromatic N) is 2. The Balaban J connectivity index is 2.03. The number of carbonyl (C=O) groups excluding carboxylic acids is 1. The Morgan fingerprint density at radius 3 is 2.88 bits per heavy atom. The topological polar surface area (TPSA) is 56.2 Å². The minimum Gasteiger partial charge on any atom is -0.497 e. The van der Waals surface area contributed by atoms with E-state index in [9.17, 15) is 4.79 Å². The number of rotatable bonds is 8. The Kier molecular flexibility index (Phi) is 6.73. The van der Waals surface area contributed by atoms with Crippen LogP contribution in [0.1, 0.15) is 27.2 Å². The van der Waals surface area contributed by atoms with Gasteiger partial charge in [0.1, 0.15) is 5.75 Å². The first-order valence-corrected chi connectivity index (χ1v) is 9.01. The quantitative estimate of drug-likeness (QED) is 0.742. The third kappa shape index (κ3) is 5.03. The maximum absolute atomic E-state index is 12.2. The van der Waals surface area contributed by atoms with Gasteiger partial charge in [-0.3, -0.25) is 9.36 Å². The molecule has 1 aromatic heterocycles. The van der Waals surface area contributed by atoms with Gasteiger partial charge >= 0.3 is 0 Å². The van der Waals surface area contributed by atoms with Crippen molar-refractivity contribution in [2.75, 3.05) is 13.7 Å². The molecule has 0 aliphatic rings. The highest BCUT2D eigenvalue weighted by molar-refractivity contribution is 8.00. The van der Waals surface area contributed by atoms with Crippen molar-refractivity contribution in [2.24, 2.45) is 5.92 Å². The summed E-state index contributed by atoms with van der Waals surface area (Å²) < 4.78 is 7.23. The summed E-state index contributed by atoms with van der Waals surface area (Å²) in [6, 6.07) is 7.77. The van der Waals surface area contributed by atoms with Gasteiger partial charge in [0, 0.05) is 25.0 Å². The minimum atomic E-state index is -0.205. The van der Waals surface area contributed by atoms with Gasteiger partial charge in [0.15, 0.2) is 5.16 Å². The average molecular weight is 347 g/mol. The van der Waals surface area contributed by atoms with Gasteiger partial charge in [0.2, 0.25) is 5.91 Å². The monoisotopic (exact) mass is 347 g/mol. The van der Waals surface area contributed by atoms with Gasteiger partial charge in [0.25, 0.3) is 0 Å². The number of aromatic nitrogens is 2. The van der Waals surface area contributed by atoms with Gasteiger partial charge in [-0.2, -0.15) is 0 Å². The highest BCUT2D eigenvalue weighted by Gasteiger charge is 2.17. The molecule has 0 aliphatic heterocycles. The van der Waals surface area contributed by atoms with Crippen LogP contribution in [-0.2, 0) is 4.79 Å². The summed E-state index contributed by atoms with van der Waals surface area (Å²) in [4.78, 5) is 16.6. The molecule has 1 unspecified atom stereocenters. The lowest BCUT2D eigenvalue weighted by Crippen LogP contribution is -2.32. The van der Waals surface area contributed by atoms with E-state index in [0.717, 1.165) is 23.0 Å². The van der Waals surface area contributed by atoms with Gasteiger partial charge in [-0.15, -0.1) is 0 Å². The van der Waals surface area contributed by atoms with E-state index in [4.69, 9.17) is 4.74 Å². The zero-order chi connectivity index (χ0) is 17.5. The van der Waals surface area contributed by atoms with Gasteiger partial charge in [0.05, 0.1) is 18.0 Å². The number of hydrogen-bond donors (Lipinski definition) is 1. The van der Waals surface area contributed by atoms with Crippen molar-refractivity contribution in [1.29, 1.82) is 0 Å². The van der Waals surface area contributed by atoms with Crippen LogP contribution in [0.25, 0.3) is 5.69 Å². The molecule has 0 saturated heterocycles. The average Bonchev–Trinajstić information content (AvgIpc) is 3.02. The molecule has 5 nitrogen and oxygen atoms in total. The molecular weight excluding hydrogens is 322 g/mol. The summed E-state index contributed by atoms with van der Waals surface area (Å²) in [7, 11) is 1.65. The molecule has 2 rings (SSSR count). The Hall–Kier alpha value is -1.95. The van der Waals surface area contributed by atoms with E-state index in [-0.39, 0.29) is 11.2 Å². The number of amides is 1. The minimum absolute atomic E-state index is 0.0424. The van der Waals surface area contributed by atoms with Crippen LogP contribution in [0.5, 0.6) is 5.75 Å². The zero-order valence-corrected chi connectivity index (χ0v) is 15.5. The van der Waals surface area contributed by atoms with Crippen LogP contribution in [0, 0.1) is 5.92 Å². The molecule has 24 heavy (non-hydrogen) atoms. The number of carbonyl (C=O) groups is 1. The van der Waals surface area contributed by atoms with E-state index in [1.165, 1.54) is 11.8 Å². The number of hydrogen-bond acceptors (Lipinski definition) is 4. The molecule has 2 aromatic rings. The second-order valence-corrected chi connectivity index (χ2v) is 7.32. The number of imidazole rings is 1. The fraction of sp³-hybridized carbons (Fsp3) is 0.444. The van der Waals surface area contributed by atoms with E-state index >= 15 is 0 Å². The standard InChI is InChI=1S/C18H25N3O2S/c1-13(2)8-9-19-17(22)14(3)24-18-20-10-11-21(18)15-6-5-7-16(12-15)23-4/h5-7,10-14H,8-9H2,1-4H3,(H,19,22). The molecular formula is C18H25N3O2S. The Morgan fingerprint density at radius 1 is 1.38 bits per heavy atom. The number of nitrogens with one attached hydrogen (secondary N) is 1. The summed E-state index contributed by atoms with van der Waals surface area (Å²) in [6.45, 7) is 6.91. The maximum Gasteiger partial charge on any atom is 0.233 e. The molecule has 0 saturated carbocycles. The van der Waals surface area contributed by atoms with Crippen molar-refractivity contribution in [3.05, 3.63) is 36.7 Å². The number of ether oxygens (including phenoxy) is 1. The van der Waals surface area contributed by atoms with Crippen molar-refractivity contribution in [2.45, 2.75) is 37.6 Å². The molecule has 1 atom stereocenters. The van der Waals surface area contributed by atoms with Gasteiger partial charge < -0.3 is 10.1 Å². The zero-order valence-electron chi connectivity index (χ0n) is 14.7. The number of thioether (sulfide) groups is 1. The van der Waals surface area contributed by atoms with Crippen molar-refractivity contribution < 1.29 is 9.53 Å². The fourth-order valence-electron chi connectivity index (χ4n) is 2.17. The van der Waals surface area contributed by atoms with E-state index in [1.54, 1.807) is 13.3 Å². The SMILES string of the molecule is COc1cccc(-n2ccnc2SC(C)C(=O)NCCC(C)C)c1. The Labute approximate surface area is 147 Å². The number of benzene rings is 1. The molecule has 0 bridgehead atoms. The van der Waals surface area contributed by atoms with E-state index in [1.807, 2.05) is 42.0 Å². The van der Waals surface area contributed by atoms with Crippen LogP contribution in [0.2, 0.25) is 0 Å². The van der Waals surface area contributed by atoms with Gasteiger partial charge in [-0.05, 0) is 31.4 Å². The van der Waals surface area contributed by atoms with E-state index in [0.29, 0.717) is 12.5 Å².